The van der Waals surface area contributed by atoms with Crippen LogP contribution in [0, 0.1) is 0 Å². The van der Waals surface area contributed by atoms with Gasteiger partial charge in [-0.2, -0.15) is 0 Å². The van der Waals surface area contributed by atoms with E-state index in [9.17, 15) is 14.4 Å². The van der Waals surface area contributed by atoms with E-state index in [4.69, 9.17) is 13.9 Å². The van der Waals surface area contributed by atoms with Gasteiger partial charge < -0.3 is 13.9 Å². The monoisotopic (exact) mass is 598 g/mol. The van der Waals surface area contributed by atoms with Crippen molar-refractivity contribution in [2.75, 3.05) is 13.2 Å². The minimum Gasteiger partial charge on any atom is -0.463 e. The number of carbonyl (C=O) groups is 2. The zero-order valence-electron chi connectivity index (χ0n) is 24.9. The molecule has 0 bridgehead atoms. The summed E-state index contributed by atoms with van der Waals surface area (Å²) in [6.45, 7) is 10.3. The van der Waals surface area contributed by atoms with Gasteiger partial charge in [0, 0.05) is 11.6 Å². The smallest absolute Gasteiger partial charge is 0.338 e. The Bertz CT molecular complexity index is 1860. The van der Waals surface area contributed by atoms with Crippen LogP contribution in [0.25, 0.3) is 17.4 Å². The topological polar surface area (TPSA) is 100 Å². The molecule has 1 aliphatic heterocycles. The molecule has 5 rings (SSSR count). The summed E-state index contributed by atoms with van der Waals surface area (Å²) < 4.78 is 18.6. The molecule has 1 atom stereocenters. The first-order chi connectivity index (χ1) is 20.7. The molecule has 0 N–H and O–H groups in total. The van der Waals surface area contributed by atoms with Gasteiger partial charge >= 0.3 is 11.9 Å². The number of esters is 2. The van der Waals surface area contributed by atoms with E-state index >= 15 is 0 Å². The van der Waals surface area contributed by atoms with Crippen molar-refractivity contribution in [2.45, 2.75) is 53.0 Å². The van der Waals surface area contributed by atoms with Crippen molar-refractivity contribution in [3.8, 4) is 11.3 Å². The fourth-order valence-corrected chi connectivity index (χ4v) is 5.96. The van der Waals surface area contributed by atoms with Gasteiger partial charge in [-0.25, -0.2) is 14.6 Å². The van der Waals surface area contributed by atoms with E-state index < -0.39 is 12.0 Å². The lowest BCUT2D eigenvalue weighted by Gasteiger charge is -2.25. The van der Waals surface area contributed by atoms with Gasteiger partial charge in [0.25, 0.3) is 5.56 Å². The van der Waals surface area contributed by atoms with Crippen LogP contribution in [0.1, 0.15) is 80.2 Å². The number of rotatable bonds is 9. The maximum Gasteiger partial charge on any atom is 0.338 e. The standard InChI is InChI=1S/C34H34N2O6S/c1-6-18-41-32(38)25-14-10-23(11-15-25)27-17-16-26(42-27)19-28-31(37)36-30(24-12-8-22(9-13-24)20(3)4)29(33(39)40-7-2)21(5)35-34(36)43-28/h8-17,19-20,30H,6-7,18H2,1-5H3. The van der Waals surface area contributed by atoms with E-state index in [1.807, 2.05) is 37.3 Å². The van der Waals surface area contributed by atoms with Gasteiger partial charge in [-0.1, -0.05) is 68.5 Å². The van der Waals surface area contributed by atoms with Crippen molar-refractivity contribution < 1.29 is 23.5 Å². The largest absolute Gasteiger partial charge is 0.463 e. The molecule has 2 aromatic carbocycles. The number of ether oxygens (including phenoxy) is 2. The van der Waals surface area contributed by atoms with Crippen LogP contribution in [0.15, 0.2) is 86.1 Å². The number of benzene rings is 2. The molecule has 222 valence electrons. The number of nitrogens with zero attached hydrogens (tertiary/aromatic N) is 2. The lowest BCUT2D eigenvalue weighted by Crippen LogP contribution is -2.39. The molecule has 0 aliphatic carbocycles. The second-order valence-corrected chi connectivity index (χ2v) is 11.5. The van der Waals surface area contributed by atoms with Gasteiger partial charge in [-0.05, 0) is 61.6 Å². The Morgan fingerprint density at radius 3 is 2.37 bits per heavy atom. The number of hydrogen-bond acceptors (Lipinski definition) is 8. The zero-order valence-corrected chi connectivity index (χ0v) is 25.7. The van der Waals surface area contributed by atoms with Gasteiger partial charge in [-0.3, -0.25) is 9.36 Å². The van der Waals surface area contributed by atoms with Crippen molar-refractivity contribution in [1.82, 2.24) is 4.57 Å². The molecule has 1 unspecified atom stereocenters. The van der Waals surface area contributed by atoms with Crippen LogP contribution in [-0.4, -0.2) is 29.7 Å². The van der Waals surface area contributed by atoms with Crippen LogP contribution < -0.4 is 14.9 Å². The minimum atomic E-state index is -0.673. The highest BCUT2D eigenvalue weighted by Gasteiger charge is 2.33. The van der Waals surface area contributed by atoms with E-state index in [2.05, 4.69) is 18.8 Å². The molecule has 8 nitrogen and oxygen atoms in total. The third-order valence-corrected chi connectivity index (χ3v) is 8.16. The first-order valence-corrected chi connectivity index (χ1v) is 15.2. The van der Waals surface area contributed by atoms with Gasteiger partial charge in [-0.15, -0.1) is 0 Å². The predicted molar refractivity (Wildman–Crippen MR) is 166 cm³/mol. The third-order valence-electron chi connectivity index (χ3n) is 7.18. The Hall–Kier alpha value is -4.50. The van der Waals surface area contributed by atoms with Crippen molar-refractivity contribution in [2.24, 2.45) is 4.99 Å². The summed E-state index contributed by atoms with van der Waals surface area (Å²) in [5, 5.41) is 0. The van der Waals surface area contributed by atoms with Crippen LogP contribution >= 0.6 is 11.3 Å². The lowest BCUT2D eigenvalue weighted by atomic mass is 9.93. The van der Waals surface area contributed by atoms with Crippen molar-refractivity contribution >= 4 is 29.4 Å². The molecular weight excluding hydrogens is 564 g/mol. The van der Waals surface area contributed by atoms with E-state index in [1.165, 1.54) is 11.3 Å². The number of aromatic nitrogens is 1. The molecule has 0 saturated carbocycles. The first-order valence-electron chi connectivity index (χ1n) is 14.4. The molecule has 1 aliphatic rings. The van der Waals surface area contributed by atoms with Crippen molar-refractivity contribution in [3.05, 3.63) is 114 Å². The Labute approximate surface area is 253 Å². The summed E-state index contributed by atoms with van der Waals surface area (Å²) in [5.74, 6) is 0.578. The van der Waals surface area contributed by atoms with Gasteiger partial charge in [0.2, 0.25) is 0 Å². The Morgan fingerprint density at radius 2 is 1.72 bits per heavy atom. The number of allylic oxidation sites excluding steroid dienone is 1. The highest BCUT2D eigenvalue weighted by molar-refractivity contribution is 7.07. The van der Waals surface area contributed by atoms with Crippen LogP contribution in [0.3, 0.4) is 0 Å². The highest BCUT2D eigenvalue weighted by Crippen LogP contribution is 2.31. The Kier molecular flexibility index (Phi) is 8.92. The van der Waals surface area contributed by atoms with E-state index in [1.54, 1.807) is 54.8 Å². The first kappa shape index (κ1) is 30.0. The molecule has 3 heterocycles. The summed E-state index contributed by atoms with van der Waals surface area (Å²) in [6, 6.07) is 17.9. The second-order valence-electron chi connectivity index (χ2n) is 10.5. The molecule has 4 aromatic rings. The van der Waals surface area contributed by atoms with Crippen LogP contribution in [0.4, 0.5) is 0 Å². The molecule has 0 spiro atoms. The van der Waals surface area contributed by atoms with E-state index in [0.29, 0.717) is 50.2 Å². The van der Waals surface area contributed by atoms with E-state index in [0.717, 1.165) is 23.1 Å². The maximum absolute atomic E-state index is 13.9. The fraction of sp³-hybridized carbons (Fsp3) is 0.294. The molecule has 2 aromatic heterocycles. The number of fused-ring (bicyclic) bond motifs is 1. The van der Waals surface area contributed by atoms with Gasteiger partial charge in [0.05, 0.1) is 40.6 Å². The minimum absolute atomic E-state index is 0.214. The quantitative estimate of drug-likeness (QED) is 0.228. The molecule has 0 amide bonds. The van der Waals surface area contributed by atoms with Gasteiger partial charge in [0.15, 0.2) is 4.80 Å². The fourth-order valence-electron chi connectivity index (χ4n) is 4.93. The van der Waals surface area contributed by atoms with Gasteiger partial charge in [0.1, 0.15) is 11.5 Å². The second kappa shape index (κ2) is 12.8. The normalized spacial score (nSPS) is 14.9. The van der Waals surface area contributed by atoms with Crippen LogP contribution in [-0.2, 0) is 14.3 Å². The zero-order chi connectivity index (χ0) is 30.7. The van der Waals surface area contributed by atoms with Crippen LogP contribution in [0.5, 0.6) is 0 Å². The molecule has 0 fully saturated rings. The van der Waals surface area contributed by atoms with Crippen LogP contribution in [0.2, 0.25) is 0 Å². The van der Waals surface area contributed by atoms with Crippen molar-refractivity contribution in [3.63, 3.8) is 0 Å². The number of hydrogen-bond donors (Lipinski definition) is 0. The Morgan fingerprint density at radius 1 is 1.00 bits per heavy atom. The summed E-state index contributed by atoms with van der Waals surface area (Å²) >= 11 is 1.24. The summed E-state index contributed by atoms with van der Waals surface area (Å²) in [4.78, 5) is 44.3. The number of furan rings is 1. The Balaban J connectivity index is 1.52. The maximum atomic E-state index is 13.9. The molecule has 0 saturated heterocycles. The summed E-state index contributed by atoms with van der Waals surface area (Å²) in [6.07, 6.45) is 2.45. The predicted octanol–water partition coefficient (Wildman–Crippen LogP) is 5.75. The third kappa shape index (κ3) is 6.17. The average molecular weight is 599 g/mol. The highest BCUT2D eigenvalue weighted by atomic mass is 32.1. The lowest BCUT2D eigenvalue weighted by molar-refractivity contribution is -0.139. The molecule has 9 heteroatoms. The summed E-state index contributed by atoms with van der Waals surface area (Å²) in [7, 11) is 0. The average Bonchev–Trinajstić information content (AvgIpc) is 3.59. The SMILES string of the molecule is CCCOC(=O)c1ccc(-c2ccc(C=c3sc4n(c3=O)C(c3ccc(C(C)C)cc3)C(C(=O)OCC)=C(C)N=4)o2)cc1. The van der Waals surface area contributed by atoms with Crippen molar-refractivity contribution in [1.29, 1.82) is 0 Å². The molecule has 43 heavy (non-hydrogen) atoms. The molecule has 0 radical (unpaired) electrons. The number of thiazole rings is 1. The number of carbonyl (C=O) groups excluding carboxylic acids is 2. The van der Waals surface area contributed by atoms with E-state index in [-0.39, 0.29) is 18.1 Å². The molecular formula is C34H34N2O6S. The summed E-state index contributed by atoms with van der Waals surface area (Å²) in [5.41, 5.74) is 3.81.